The van der Waals surface area contributed by atoms with Crippen molar-refractivity contribution < 1.29 is 18.0 Å². The fraction of sp³-hybridized carbons (Fsp3) is 0.310. The molecular weight excluding hydrogens is 566 g/mol. The van der Waals surface area contributed by atoms with E-state index >= 15 is 0 Å². The first-order valence-corrected chi connectivity index (χ1v) is 14.5. The SMILES string of the molecule is Cc1ccc(N(CC(=O)N(Cc2ccc(Br)cc2)[C@@H](C)C(=O)NC(C)(C)C)S(=O)(=O)c2ccccc2)cc1. The van der Waals surface area contributed by atoms with Gasteiger partial charge in [0.05, 0.1) is 10.6 Å². The van der Waals surface area contributed by atoms with Gasteiger partial charge in [0, 0.05) is 16.6 Å². The summed E-state index contributed by atoms with van der Waals surface area (Å²) in [6.07, 6.45) is 0. The number of hydrogen-bond donors (Lipinski definition) is 1. The fourth-order valence-corrected chi connectivity index (χ4v) is 5.50. The van der Waals surface area contributed by atoms with E-state index in [0.717, 1.165) is 19.9 Å². The summed E-state index contributed by atoms with van der Waals surface area (Å²) in [6, 6.07) is 21.6. The number of anilines is 1. The molecule has 0 aliphatic carbocycles. The second-order valence-corrected chi connectivity index (χ2v) is 13.0. The molecule has 0 aromatic heterocycles. The Morgan fingerprint density at radius 1 is 0.921 bits per heavy atom. The van der Waals surface area contributed by atoms with Crippen LogP contribution in [0.5, 0.6) is 0 Å². The lowest BCUT2D eigenvalue weighted by atomic mass is 10.1. The molecule has 0 unspecified atom stereocenters. The van der Waals surface area contributed by atoms with Crippen LogP contribution >= 0.6 is 15.9 Å². The third-order valence-electron chi connectivity index (χ3n) is 5.86. The highest BCUT2D eigenvalue weighted by atomic mass is 79.9. The molecule has 0 saturated heterocycles. The Hall–Kier alpha value is -3.17. The van der Waals surface area contributed by atoms with Crippen LogP contribution in [-0.2, 0) is 26.2 Å². The number of carbonyl (C=O) groups excluding carboxylic acids is 2. The first kappa shape index (κ1) is 29.4. The standard InChI is InChI=1S/C29H34BrN3O4S/c1-21-11-17-25(18-12-21)33(38(36,37)26-9-7-6-8-10-26)20-27(34)32(19-23-13-15-24(30)16-14-23)22(2)28(35)31-29(3,4)5/h6-18,22H,19-20H2,1-5H3,(H,31,35)/t22-/m0/s1. The Kier molecular flexibility index (Phi) is 9.38. The Labute approximate surface area is 234 Å². The minimum atomic E-state index is -4.07. The summed E-state index contributed by atoms with van der Waals surface area (Å²) >= 11 is 3.42. The minimum Gasteiger partial charge on any atom is -0.350 e. The van der Waals surface area contributed by atoms with Gasteiger partial charge in [-0.1, -0.05) is 64.0 Å². The first-order valence-electron chi connectivity index (χ1n) is 12.3. The predicted molar refractivity (Wildman–Crippen MR) is 154 cm³/mol. The summed E-state index contributed by atoms with van der Waals surface area (Å²) in [4.78, 5) is 28.5. The van der Waals surface area contributed by atoms with Crippen LogP contribution in [0.2, 0.25) is 0 Å². The molecule has 0 bridgehead atoms. The number of nitrogens with zero attached hydrogens (tertiary/aromatic N) is 2. The van der Waals surface area contributed by atoms with Gasteiger partial charge in [-0.15, -0.1) is 0 Å². The van der Waals surface area contributed by atoms with Crippen LogP contribution in [-0.4, -0.2) is 43.3 Å². The molecule has 38 heavy (non-hydrogen) atoms. The molecule has 1 N–H and O–H groups in total. The van der Waals surface area contributed by atoms with Crippen LogP contribution < -0.4 is 9.62 Å². The van der Waals surface area contributed by atoms with Crippen molar-refractivity contribution in [2.45, 2.75) is 57.6 Å². The van der Waals surface area contributed by atoms with Gasteiger partial charge in [0.25, 0.3) is 10.0 Å². The number of sulfonamides is 1. The van der Waals surface area contributed by atoms with Crippen molar-refractivity contribution >= 4 is 43.5 Å². The van der Waals surface area contributed by atoms with Gasteiger partial charge in [-0.05, 0) is 76.6 Å². The highest BCUT2D eigenvalue weighted by molar-refractivity contribution is 9.10. The molecule has 202 valence electrons. The summed E-state index contributed by atoms with van der Waals surface area (Å²) in [5.74, 6) is -0.819. The van der Waals surface area contributed by atoms with Crippen LogP contribution in [0.15, 0.2) is 88.2 Å². The largest absolute Gasteiger partial charge is 0.350 e. The number of hydrogen-bond acceptors (Lipinski definition) is 4. The minimum absolute atomic E-state index is 0.0753. The third-order valence-corrected chi connectivity index (χ3v) is 8.18. The third kappa shape index (κ3) is 7.68. The second kappa shape index (κ2) is 12.1. The molecule has 2 amide bonds. The summed E-state index contributed by atoms with van der Waals surface area (Å²) in [6.45, 7) is 8.82. The number of carbonyl (C=O) groups is 2. The smallest absolute Gasteiger partial charge is 0.264 e. The van der Waals surface area contributed by atoms with Crippen LogP contribution in [0, 0.1) is 6.92 Å². The van der Waals surface area contributed by atoms with Crippen molar-refractivity contribution in [3.8, 4) is 0 Å². The van der Waals surface area contributed by atoms with Crippen LogP contribution in [0.4, 0.5) is 5.69 Å². The maximum atomic E-state index is 13.9. The van der Waals surface area contributed by atoms with Crippen molar-refractivity contribution in [1.82, 2.24) is 10.2 Å². The summed E-state index contributed by atoms with van der Waals surface area (Å²) in [5, 5.41) is 2.92. The van der Waals surface area contributed by atoms with E-state index in [4.69, 9.17) is 0 Å². The normalized spacial score (nSPS) is 12.5. The lowest BCUT2D eigenvalue weighted by Crippen LogP contribution is -2.54. The van der Waals surface area contributed by atoms with Crippen LogP contribution in [0.3, 0.4) is 0 Å². The molecular formula is C29H34BrN3O4S. The maximum absolute atomic E-state index is 13.9. The number of aryl methyl sites for hydroxylation is 1. The number of rotatable bonds is 9. The molecule has 0 spiro atoms. The predicted octanol–water partition coefficient (Wildman–Crippen LogP) is 5.28. The number of nitrogens with one attached hydrogen (secondary N) is 1. The summed E-state index contributed by atoms with van der Waals surface area (Å²) < 4.78 is 29.5. The zero-order valence-corrected chi connectivity index (χ0v) is 24.7. The number of amides is 2. The molecule has 3 aromatic carbocycles. The van der Waals surface area contributed by atoms with Gasteiger partial charge in [0.15, 0.2) is 0 Å². The van der Waals surface area contributed by atoms with Gasteiger partial charge in [-0.2, -0.15) is 0 Å². The molecule has 0 heterocycles. The van der Waals surface area contributed by atoms with Crippen molar-refractivity contribution in [1.29, 1.82) is 0 Å². The fourth-order valence-electron chi connectivity index (χ4n) is 3.80. The first-order chi connectivity index (χ1) is 17.8. The quantitative estimate of drug-likeness (QED) is 0.362. The molecule has 0 aliphatic rings. The van der Waals surface area contributed by atoms with Crippen molar-refractivity contribution in [2.75, 3.05) is 10.8 Å². The molecule has 0 aliphatic heterocycles. The lowest BCUT2D eigenvalue weighted by molar-refractivity contribution is -0.140. The van der Waals surface area contributed by atoms with E-state index in [0.29, 0.717) is 5.69 Å². The van der Waals surface area contributed by atoms with E-state index in [-0.39, 0.29) is 17.3 Å². The molecule has 0 radical (unpaired) electrons. The van der Waals surface area contributed by atoms with E-state index < -0.39 is 34.1 Å². The Balaban J connectivity index is 2.01. The van der Waals surface area contributed by atoms with E-state index in [1.54, 1.807) is 49.4 Å². The number of benzene rings is 3. The van der Waals surface area contributed by atoms with Crippen LogP contribution in [0.1, 0.15) is 38.8 Å². The molecule has 3 rings (SSSR count). The van der Waals surface area contributed by atoms with Gasteiger partial charge >= 0.3 is 0 Å². The average Bonchev–Trinajstić information content (AvgIpc) is 2.86. The zero-order chi connectivity index (χ0) is 28.1. The highest BCUT2D eigenvalue weighted by Crippen LogP contribution is 2.25. The van der Waals surface area contributed by atoms with Crippen LogP contribution in [0.25, 0.3) is 0 Å². The highest BCUT2D eigenvalue weighted by Gasteiger charge is 2.33. The van der Waals surface area contributed by atoms with Gasteiger partial charge in [-0.25, -0.2) is 8.42 Å². The van der Waals surface area contributed by atoms with Crippen molar-refractivity contribution in [2.24, 2.45) is 0 Å². The van der Waals surface area contributed by atoms with Crippen molar-refractivity contribution in [3.05, 3.63) is 94.5 Å². The molecule has 1 atom stereocenters. The average molecular weight is 601 g/mol. The monoisotopic (exact) mass is 599 g/mol. The van der Waals surface area contributed by atoms with Gasteiger partial charge in [-0.3, -0.25) is 13.9 Å². The van der Waals surface area contributed by atoms with E-state index in [9.17, 15) is 18.0 Å². The van der Waals surface area contributed by atoms with Crippen molar-refractivity contribution in [3.63, 3.8) is 0 Å². The second-order valence-electron chi connectivity index (χ2n) is 10.2. The molecule has 0 fully saturated rings. The van der Waals surface area contributed by atoms with E-state index in [1.807, 2.05) is 52.0 Å². The number of halogens is 1. The Morgan fingerprint density at radius 2 is 1.50 bits per heavy atom. The molecule has 0 saturated carbocycles. The molecule has 7 nitrogen and oxygen atoms in total. The maximum Gasteiger partial charge on any atom is 0.264 e. The summed E-state index contributed by atoms with van der Waals surface area (Å²) in [5.41, 5.74) is 1.64. The molecule has 9 heteroatoms. The lowest BCUT2D eigenvalue weighted by Gasteiger charge is -2.33. The zero-order valence-electron chi connectivity index (χ0n) is 22.3. The van der Waals surface area contributed by atoms with E-state index in [2.05, 4.69) is 21.2 Å². The van der Waals surface area contributed by atoms with Gasteiger partial charge in [0.1, 0.15) is 12.6 Å². The van der Waals surface area contributed by atoms with Gasteiger partial charge < -0.3 is 10.2 Å². The van der Waals surface area contributed by atoms with Gasteiger partial charge in [0.2, 0.25) is 11.8 Å². The topological polar surface area (TPSA) is 86.8 Å². The molecule has 3 aromatic rings. The summed E-state index contributed by atoms with van der Waals surface area (Å²) in [7, 11) is -4.07. The Morgan fingerprint density at radius 3 is 2.05 bits per heavy atom. The van der Waals surface area contributed by atoms with E-state index in [1.165, 1.54) is 17.0 Å². The Bertz CT molecular complexity index is 1350.